The molecule has 1 aromatic rings. The summed E-state index contributed by atoms with van der Waals surface area (Å²) in [5.74, 6) is -1.26. The normalized spacial score (nSPS) is 20.5. The van der Waals surface area contributed by atoms with E-state index in [4.69, 9.17) is 4.74 Å². The Labute approximate surface area is 86.5 Å². The molecule has 1 aliphatic rings. The minimum atomic E-state index is -0.490. The monoisotopic (exact) mass is 206 g/mol. The standard InChI is InChI=1S/C11H10O4/c1-6-5-9(13)15-11-7(10(6)14)3-2-4-8(11)12/h2-4,6,12H,5H2,1H3/t6-/m0/s1. The molecule has 1 aliphatic heterocycles. The van der Waals surface area contributed by atoms with Crippen LogP contribution in [0.4, 0.5) is 0 Å². The van der Waals surface area contributed by atoms with Crippen LogP contribution in [0.3, 0.4) is 0 Å². The molecule has 0 amide bonds. The first-order chi connectivity index (χ1) is 7.09. The number of carbonyl (C=O) groups is 2. The number of hydrogen-bond donors (Lipinski definition) is 1. The Kier molecular flexibility index (Phi) is 2.19. The third kappa shape index (κ3) is 1.58. The molecule has 15 heavy (non-hydrogen) atoms. The number of fused-ring (bicyclic) bond motifs is 1. The third-order valence-electron chi connectivity index (χ3n) is 2.40. The van der Waals surface area contributed by atoms with E-state index >= 15 is 0 Å². The molecule has 0 bridgehead atoms. The van der Waals surface area contributed by atoms with E-state index in [1.807, 2.05) is 0 Å². The second-order valence-electron chi connectivity index (χ2n) is 3.60. The maximum absolute atomic E-state index is 11.8. The van der Waals surface area contributed by atoms with Gasteiger partial charge in [-0.1, -0.05) is 13.0 Å². The zero-order chi connectivity index (χ0) is 11.0. The van der Waals surface area contributed by atoms with E-state index in [0.29, 0.717) is 0 Å². The van der Waals surface area contributed by atoms with Gasteiger partial charge in [-0.15, -0.1) is 0 Å². The van der Waals surface area contributed by atoms with Crippen molar-refractivity contribution in [2.45, 2.75) is 13.3 Å². The molecule has 1 N–H and O–H groups in total. The van der Waals surface area contributed by atoms with Gasteiger partial charge in [0, 0.05) is 5.92 Å². The number of phenols is 1. The second-order valence-corrected chi connectivity index (χ2v) is 3.60. The van der Waals surface area contributed by atoms with Crippen LogP contribution in [0.2, 0.25) is 0 Å². The fourth-order valence-corrected chi connectivity index (χ4v) is 1.59. The van der Waals surface area contributed by atoms with E-state index in [1.165, 1.54) is 6.07 Å². The van der Waals surface area contributed by atoms with Crippen molar-refractivity contribution in [2.75, 3.05) is 0 Å². The fraction of sp³-hybridized carbons (Fsp3) is 0.273. The Balaban J connectivity index is 2.59. The van der Waals surface area contributed by atoms with Crippen LogP contribution in [0.1, 0.15) is 23.7 Å². The summed E-state index contributed by atoms with van der Waals surface area (Å²) < 4.78 is 4.92. The van der Waals surface area contributed by atoms with Gasteiger partial charge in [0.1, 0.15) is 0 Å². The minimum Gasteiger partial charge on any atom is -0.504 e. The largest absolute Gasteiger partial charge is 0.504 e. The topological polar surface area (TPSA) is 63.6 Å². The lowest BCUT2D eigenvalue weighted by Crippen LogP contribution is -2.13. The third-order valence-corrected chi connectivity index (χ3v) is 2.40. The van der Waals surface area contributed by atoms with Gasteiger partial charge in [-0.3, -0.25) is 9.59 Å². The van der Waals surface area contributed by atoms with Crippen LogP contribution in [0, 0.1) is 5.92 Å². The van der Waals surface area contributed by atoms with Gasteiger partial charge in [0.25, 0.3) is 0 Å². The number of phenolic OH excluding ortho intramolecular Hbond substituents is 1. The lowest BCUT2D eigenvalue weighted by Gasteiger charge is -2.06. The Bertz CT molecular complexity index is 436. The summed E-state index contributed by atoms with van der Waals surface area (Å²) in [6.45, 7) is 1.67. The van der Waals surface area contributed by atoms with Gasteiger partial charge in [0.15, 0.2) is 17.3 Å². The van der Waals surface area contributed by atoms with Gasteiger partial charge in [-0.2, -0.15) is 0 Å². The highest BCUT2D eigenvalue weighted by Gasteiger charge is 2.29. The van der Waals surface area contributed by atoms with E-state index in [-0.39, 0.29) is 29.3 Å². The molecular formula is C11H10O4. The summed E-state index contributed by atoms with van der Waals surface area (Å²) in [7, 11) is 0. The van der Waals surface area contributed by atoms with Gasteiger partial charge < -0.3 is 9.84 Å². The first-order valence-electron chi connectivity index (χ1n) is 4.66. The average Bonchev–Trinajstić information content (AvgIpc) is 2.29. The van der Waals surface area contributed by atoms with Gasteiger partial charge in [0.05, 0.1) is 12.0 Å². The van der Waals surface area contributed by atoms with Crippen LogP contribution in [0.15, 0.2) is 18.2 Å². The predicted molar refractivity (Wildman–Crippen MR) is 51.9 cm³/mol. The van der Waals surface area contributed by atoms with Crippen molar-refractivity contribution >= 4 is 11.8 Å². The molecule has 1 atom stereocenters. The predicted octanol–water partition coefficient (Wildman–Crippen LogP) is 1.52. The highest BCUT2D eigenvalue weighted by molar-refractivity contribution is 6.04. The van der Waals surface area contributed by atoms with Crippen molar-refractivity contribution in [3.63, 3.8) is 0 Å². The Hall–Kier alpha value is -1.84. The first kappa shape index (κ1) is 9.71. The smallest absolute Gasteiger partial charge is 0.312 e. The summed E-state index contributed by atoms with van der Waals surface area (Å²) in [5, 5.41) is 9.47. The zero-order valence-corrected chi connectivity index (χ0v) is 8.19. The molecule has 1 aromatic carbocycles. The molecule has 78 valence electrons. The number of carbonyl (C=O) groups excluding carboxylic acids is 2. The molecule has 0 aromatic heterocycles. The molecule has 4 nitrogen and oxygen atoms in total. The minimum absolute atomic E-state index is 0.0168. The van der Waals surface area contributed by atoms with Crippen molar-refractivity contribution in [3.05, 3.63) is 23.8 Å². The van der Waals surface area contributed by atoms with Crippen LogP contribution in [0.5, 0.6) is 11.5 Å². The molecule has 0 radical (unpaired) electrons. The molecule has 1 heterocycles. The number of rotatable bonds is 0. The zero-order valence-electron chi connectivity index (χ0n) is 8.19. The van der Waals surface area contributed by atoms with Crippen LogP contribution in [0.25, 0.3) is 0 Å². The molecule has 0 aliphatic carbocycles. The van der Waals surface area contributed by atoms with Crippen LogP contribution >= 0.6 is 0 Å². The van der Waals surface area contributed by atoms with Gasteiger partial charge in [-0.05, 0) is 12.1 Å². The van der Waals surface area contributed by atoms with Crippen molar-refractivity contribution < 1.29 is 19.4 Å². The van der Waals surface area contributed by atoms with Crippen LogP contribution in [-0.4, -0.2) is 16.9 Å². The average molecular weight is 206 g/mol. The number of hydrogen-bond acceptors (Lipinski definition) is 4. The lowest BCUT2D eigenvalue weighted by atomic mass is 9.97. The molecule has 0 saturated heterocycles. The molecule has 0 saturated carbocycles. The van der Waals surface area contributed by atoms with Crippen molar-refractivity contribution in [2.24, 2.45) is 5.92 Å². The number of aromatic hydroxyl groups is 1. The molecule has 2 rings (SSSR count). The highest BCUT2D eigenvalue weighted by atomic mass is 16.5. The summed E-state index contributed by atoms with van der Waals surface area (Å²) in [5.41, 5.74) is 0.272. The van der Waals surface area contributed by atoms with Crippen LogP contribution < -0.4 is 4.74 Å². The highest BCUT2D eigenvalue weighted by Crippen LogP contribution is 2.34. The number of para-hydroxylation sites is 1. The SMILES string of the molecule is C[C@H]1CC(=O)Oc2c(O)cccc2C1=O. The van der Waals surface area contributed by atoms with Crippen molar-refractivity contribution in [1.29, 1.82) is 0 Å². The second kappa shape index (κ2) is 3.38. The van der Waals surface area contributed by atoms with Gasteiger partial charge in [0.2, 0.25) is 0 Å². The number of ketones is 1. The molecule has 4 heteroatoms. The van der Waals surface area contributed by atoms with E-state index < -0.39 is 11.9 Å². The van der Waals surface area contributed by atoms with Crippen molar-refractivity contribution in [3.8, 4) is 11.5 Å². The van der Waals surface area contributed by atoms with Gasteiger partial charge in [-0.25, -0.2) is 0 Å². The number of esters is 1. The lowest BCUT2D eigenvalue weighted by molar-refractivity contribution is -0.134. The first-order valence-corrected chi connectivity index (χ1v) is 4.66. The Morgan fingerprint density at radius 1 is 1.40 bits per heavy atom. The van der Waals surface area contributed by atoms with E-state index in [0.717, 1.165) is 0 Å². The number of ether oxygens (including phenoxy) is 1. The van der Waals surface area contributed by atoms with Gasteiger partial charge >= 0.3 is 5.97 Å². The maximum atomic E-state index is 11.8. The molecule has 0 fully saturated rings. The molecular weight excluding hydrogens is 196 g/mol. The van der Waals surface area contributed by atoms with E-state index in [1.54, 1.807) is 19.1 Å². The van der Waals surface area contributed by atoms with E-state index in [9.17, 15) is 14.7 Å². The molecule has 0 spiro atoms. The summed E-state index contributed by atoms with van der Waals surface area (Å²) >= 11 is 0. The van der Waals surface area contributed by atoms with Crippen LogP contribution in [-0.2, 0) is 4.79 Å². The fourth-order valence-electron chi connectivity index (χ4n) is 1.59. The number of Topliss-reactive ketones (excluding diaryl/α,β-unsaturated/α-hetero) is 1. The summed E-state index contributed by atoms with van der Waals surface area (Å²) in [6, 6.07) is 4.49. The molecule has 0 unspecified atom stereocenters. The Morgan fingerprint density at radius 3 is 2.87 bits per heavy atom. The maximum Gasteiger partial charge on any atom is 0.312 e. The summed E-state index contributed by atoms with van der Waals surface area (Å²) in [6.07, 6.45) is 0.0486. The quantitative estimate of drug-likeness (QED) is 0.516. The Morgan fingerprint density at radius 2 is 2.13 bits per heavy atom. The number of benzene rings is 1. The van der Waals surface area contributed by atoms with Crippen molar-refractivity contribution in [1.82, 2.24) is 0 Å². The van der Waals surface area contributed by atoms with E-state index in [2.05, 4.69) is 0 Å². The summed E-state index contributed by atoms with van der Waals surface area (Å²) in [4.78, 5) is 23.1.